The Morgan fingerprint density at radius 2 is 1.95 bits per heavy atom. The predicted octanol–water partition coefficient (Wildman–Crippen LogP) is -3.15. The minimum absolute atomic E-state index is 0.128. The molecule has 1 rings (SSSR count). The zero-order valence-corrected chi connectivity index (χ0v) is 13.2. The fourth-order valence-electron chi connectivity index (χ4n) is 1.92. The van der Waals surface area contributed by atoms with Gasteiger partial charge in [-0.3, -0.25) is 4.79 Å². The number of rotatable bonds is 9. The van der Waals surface area contributed by atoms with Gasteiger partial charge < -0.3 is 30.2 Å². The van der Waals surface area contributed by atoms with E-state index < -0.39 is 12.0 Å². The maximum atomic E-state index is 11.9. The van der Waals surface area contributed by atoms with Gasteiger partial charge in [-0.2, -0.15) is 0 Å². The van der Waals surface area contributed by atoms with Crippen molar-refractivity contribution in [3.8, 4) is 5.75 Å². The van der Waals surface area contributed by atoms with Crippen molar-refractivity contribution in [3.63, 3.8) is 0 Å². The standard InChI is InChI=1S/C15H23N3O4/c1-18(2)9-8-16-13(15(20)21)10-14(19)17-11-4-6-12(22-3)7-5-11/h4-7,13,16H,8-10H2,1-3H3,(H,17,19)(H,20,21)/p+1/t13-/m1/s1. The Balaban J connectivity index is 2.49. The number of quaternary nitrogens is 2. The highest BCUT2D eigenvalue weighted by Crippen LogP contribution is 2.15. The van der Waals surface area contributed by atoms with Crippen LogP contribution in [0, 0.1) is 0 Å². The molecule has 0 aliphatic heterocycles. The molecule has 7 nitrogen and oxygen atoms in total. The third-order valence-electron chi connectivity index (χ3n) is 3.18. The smallest absolute Gasteiger partial charge is 0.230 e. The van der Waals surface area contributed by atoms with Gasteiger partial charge in [0.25, 0.3) is 0 Å². The molecule has 122 valence electrons. The van der Waals surface area contributed by atoms with Crippen LogP contribution in [-0.4, -0.2) is 52.2 Å². The third-order valence-corrected chi connectivity index (χ3v) is 3.18. The van der Waals surface area contributed by atoms with Crippen LogP contribution in [0.15, 0.2) is 24.3 Å². The summed E-state index contributed by atoms with van der Waals surface area (Å²) in [7, 11) is 5.53. The number of nitrogens with two attached hydrogens (primary N) is 1. The maximum absolute atomic E-state index is 11.9. The summed E-state index contributed by atoms with van der Waals surface area (Å²) in [5.41, 5.74) is 0.598. The lowest BCUT2D eigenvalue weighted by atomic mass is 10.2. The lowest BCUT2D eigenvalue weighted by molar-refractivity contribution is -0.876. The van der Waals surface area contributed by atoms with Crippen LogP contribution in [0.4, 0.5) is 5.69 Å². The van der Waals surface area contributed by atoms with Crippen LogP contribution in [0.3, 0.4) is 0 Å². The summed E-state index contributed by atoms with van der Waals surface area (Å²) in [5, 5.41) is 15.4. The van der Waals surface area contributed by atoms with Gasteiger partial charge in [-0.25, -0.2) is 0 Å². The van der Waals surface area contributed by atoms with Crippen LogP contribution in [-0.2, 0) is 9.59 Å². The average molecular weight is 310 g/mol. The lowest BCUT2D eigenvalue weighted by Gasteiger charge is -2.17. The average Bonchev–Trinajstić information content (AvgIpc) is 2.46. The summed E-state index contributed by atoms with van der Waals surface area (Å²) in [6, 6.07) is 5.96. The molecular weight excluding hydrogens is 286 g/mol. The second-order valence-corrected chi connectivity index (χ2v) is 5.39. The molecular formula is C15H24N3O4+. The van der Waals surface area contributed by atoms with Crippen molar-refractivity contribution in [2.24, 2.45) is 0 Å². The molecule has 0 saturated heterocycles. The molecule has 1 atom stereocenters. The topological polar surface area (TPSA) is 99.5 Å². The second kappa shape index (κ2) is 9.01. The number of carbonyl (C=O) groups is 2. The molecule has 0 saturated carbocycles. The lowest BCUT2D eigenvalue weighted by Crippen LogP contribution is -3.10. The quantitative estimate of drug-likeness (QED) is 0.448. The molecule has 0 bridgehead atoms. The van der Waals surface area contributed by atoms with Gasteiger partial charge >= 0.3 is 0 Å². The first-order valence-electron chi connectivity index (χ1n) is 7.19. The normalized spacial score (nSPS) is 12.0. The number of aliphatic carboxylic acids is 1. The van der Waals surface area contributed by atoms with Crippen molar-refractivity contribution in [3.05, 3.63) is 24.3 Å². The maximum Gasteiger partial charge on any atom is 0.230 e. The SMILES string of the molecule is COc1ccc(NC(=O)C[C@@H]([NH2+]CC[NH+](C)C)C(=O)[O-])cc1. The highest BCUT2D eigenvalue weighted by Gasteiger charge is 2.18. The van der Waals surface area contributed by atoms with E-state index in [0.29, 0.717) is 18.0 Å². The van der Waals surface area contributed by atoms with Gasteiger partial charge in [0.05, 0.1) is 33.6 Å². The summed E-state index contributed by atoms with van der Waals surface area (Å²) in [6.07, 6.45) is -0.128. The third kappa shape index (κ3) is 6.55. The Bertz CT molecular complexity index is 488. The van der Waals surface area contributed by atoms with Crippen LogP contribution >= 0.6 is 0 Å². The van der Waals surface area contributed by atoms with Crippen molar-refractivity contribution in [1.82, 2.24) is 0 Å². The van der Waals surface area contributed by atoms with Crippen molar-refractivity contribution in [2.45, 2.75) is 12.5 Å². The molecule has 0 spiro atoms. The van der Waals surface area contributed by atoms with Gasteiger partial charge in [0.1, 0.15) is 24.9 Å². The molecule has 0 aliphatic rings. The summed E-state index contributed by atoms with van der Waals surface area (Å²) in [4.78, 5) is 24.2. The van der Waals surface area contributed by atoms with Crippen LogP contribution in [0.1, 0.15) is 6.42 Å². The Labute approximate surface area is 130 Å². The van der Waals surface area contributed by atoms with Crippen molar-refractivity contribution >= 4 is 17.6 Å². The van der Waals surface area contributed by atoms with Crippen molar-refractivity contribution < 1.29 is 29.6 Å². The molecule has 0 aromatic heterocycles. The number of hydrogen-bond acceptors (Lipinski definition) is 4. The van der Waals surface area contributed by atoms with E-state index in [9.17, 15) is 14.7 Å². The highest BCUT2D eigenvalue weighted by atomic mass is 16.5. The first kappa shape index (κ1) is 17.9. The van der Waals surface area contributed by atoms with Gasteiger partial charge in [-0.15, -0.1) is 0 Å². The van der Waals surface area contributed by atoms with Gasteiger partial charge in [0.2, 0.25) is 5.91 Å². The van der Waals surface area contributed by atoms with E-state index in [0.717, 1.165) is 6.54 Å². The van der Waals surface area contributed by atoms with Crippen molar-refractivity contribution in [1.29, 1.82) is 0 Å². The number of nitrogens with one attached hydrogen (secondary N) is 2. The Morgan fingerprint density at radius 3 is 2.45 bits per heavy atom. The highest BCUT2D eigenvalue weighted by molar-refractivity contribution is 5.93. The number of hydrogen-bond donors (Lipinski definition) is 3. The van der Waals surface area contributed by atoms with Gasteiger partial charge in [0.15, 0.2) is 0 Å². The minimum atomic E-state index is -1.22. The van der Waals surface area contributed by atoms with Gasteiger partial charge in [-0.05, 0) is 24.3 Å². The van der Waals surface area contributed by atoms with E-state index in [1.54, 1.807) is 36.7 Å². The minimum Gasteiger partial charge on any atom is -0.544 e. The van der Waals surface area contributed by atoms with E-state index in [4.69, 9.17) is 4.74 Å². The molecule has 0 heterocycles. The molecule has 0 unspecified atom stereocenters. The monoisotopic (exact) mass is 310 g/mol. The van der Waals surface area contributed by atoms with E-state index in [-0.39, 0.29) is 12.3 Å². The predicted molar refractivity (Wildman–Crippen MR) is 79.5 cm³/mol. The van der Waals surface area contributed by atoms with Crippen LogP contribution in [0.25, 0.3) is 0 Å². The van der Waals surface area contributed by atoms with Crippen LogP contribution in [0.5, 0.6) is 5.75 Å². The number of amides is 1. The fraction of sp³-hybridized carbons (Fsp3) is 0.467. The molecule has 1 aromatic carbocycles. The largest absolute Gasteiger partial charge is 0.544 e. The number of benzene rings is 1. The van der Waals surface area contributed by atoms with Gasteiger partial charge in [-0.1, -0.05) is 0 Å². The summed E-state index contributed by atoms with van der Waals surface area (Å²) in [5.74, 6) is -0.892. The summed E-state index contributed by atoms with van der Waals surface area (Å²) < 4.78 is 5.03. The van der Waals surface area contributed by atoms with E-state index in [2.05, 4.69) is 5.32 Å². The number of ether oxygens (including phenoxy) is 1. The molecule has 0 radical (unpaired) electrons. The number of likely N-dealkylation sites (N-methyl/N-ethyl adjacent to an activating group) is 1. The van der Waals surface area contributed by atoms with E-state index in [1.165, 1.54) is 4.90 Å². The molecule has 7 heteroatoms. The first-order valence-corrected chi connectivity index (χ1v) is 7.19. The summed E-state index contributed by atoms with van der Waals surface area (Å²) >= 11 is 0. The number of methoxy groups -OCH3 is 1. The Kier molecular flexibility index (Phi) is 7.34. The van der Waals surface area contributed by atoms with Crippen molar-refractivity contribution in [2.75, 3.05) is 39.6 Å². The molecule has 1 amide bonds. The van der Waals surface area contributed by atoms with E-state index in [1.807, 2.05) is 14.1 Å². The Hall–Kier alpha value is -2.12. The second-order valence-electron chi connectivity index (χ2n) is 5.39. The number of carboxylic acids is 1. The molecule has 4 N–H and O–H groups in total. The number of carbonyl (C=O) groups excluding carboxylic acids is 2. The summed E-state index contributed by atoms with van der Waals surface area (Å²) in [6.45, 7) is 1.43. The van der Waals surface area contributed by atoms with Crippen LogP contribution < -0.4 is 25.4 Å². The molecule has 1 aromatic rings. The number of carboxylic acid groups (broad SMARTS) is 1. The molecule has 0 aliphatic carbocycles. The first-order chi connectivity index (χ1) is 10.4. The zero-order valence-electron chi connectivity index (χ0n) is 13.2. The molecule has 0 fully saturated rings. The van der Waals surface area contributed by atoms with Gasteiger partial charge in [0, 0.05) is 5.69 Å². The number of anilines is 1. The fourth-order valence-corrected chi connectivity index (χ4v) is 1.92. The van der Waals surface area contributed by atoms with Crippen LogP contribution in [0.2, 0.25) is 0 Å². The Morgan fingerprint density at radius 1 is 1.32 bits per heavy atom. The zero-order chi connectivity index (χ0) is 16.5. The van der Waals surface area contributed by atoms with E-state index >= 15 is 0 Å². The molecule has 22 heavy (non-hydrogen) atoms.